The molecule has 160 valence electrons. The van der Waals surface area contributed by atoms with Gasteiger partial charge in [0.25, 0.3) is 0 Å². The third-order valence-electron chi connectivity index (χ3n) is 5.70. The van der Waals surface area contributed by atoms with E-state index in [1.807, 2.05) is 12.3 Å². The minimum atomic E-state index is -4.43. The lowest BCUT2D eigenvalue weighted by atomic mass is 9.90. The molecule has 0 fully saturated rings. The van der Waals surface area contributed by atoms with Crippen LogP contribution in [0, 0.1) is 0 Å². The fraction of sp³-hybridized carbons (Fsp3) is 0.455. The Kier molecular flexibility index (Phi) is 6.06. The molecule has 1 aliphatic rings. The normalized spacial score (nSPS) is 16.9. The minimum Gasteiger partial charge on any atom is -0.330 e. The number of alkyl halides is 3. The van der Waals surface area contributed by atoms with Gasteiger partial charge in [-0.3, -0.25) is 14.3 Å². The van der Waals surface area contributed by atoms with Gasteiger partial charge in [-0.1, -0.05) is 12.1 Å². The highest BCUT2D eigenvalue weighted by Gasteiger charge is 2.34. The lowest BCUT2D eigenvalue weighted by Crippen LogP contribution is -2.33. The molecule has 3 heterocycles. The Bertz CT molecular complexity index is 998. The van der Waals surface area contributed by atoms with Gasteiger partial charge < -0.3 is 5.73 Å². The molecule has 30 heavy (non-hydrogen) atoms. The number of aromatic nitrogens is 3. The van der Waals surface area contributed by atoms with E-state index in [2.05, 4.69) is 20.9 Å². The van der Waals surface area contributed by atoms with Crippen LogP contribution in [0.4, 0.5) is 13.2 Å². The minimum absolute atomic E-state index is 0.139. The lowest BCUT2D eigenvalue weighted by molar-refractivity contribution is -0.142. The molecule has 1 unspecified atom stereocenters. The van der Waals surface area contributed by atoms with E-state index in [-0.39, 0.29) is 6.04 Å². The molecule has 0 spiro atoms. The first-order chi connectivity index (χ1) is 14.5. The number of aryl methyl sites for hydroxylation is 1. The maximum Gasteiger partial charge on any atom is 0.431 e. The van der Waals surface area contributed by atoms with Crippen LogP contribution in [-0.2, 0) is 19.1 Å². The number of halogens is 3. The largest absolute Gasteiger partial charge is 0.431 e. The highest BCUT2D eigenvalue weighted by molar-refractivity contribution is 5.42. The maximum absolute atomic E-state index is 13.4. The van der Waals surface area contributed by atoms with Crippen molar-refractivity contribution in [3.8, 4) is 0 Å². The Balaban J connectivity index is 1.65. The molecule has 1 atom stereocenters. The topological polar surface area (TPSA) is 59.5 Å². The molecule has 0 aliphatic heterocycles. The summed E-state index contributed by atoms with van der Waals surface area (Å²) in [6.45, 7) is 1.90. The second kappa shape index (κ2) is 8.73. The van der Waals surface area contributed by atoms with Crippen LogP contribution in [0.15, 0.2) is 42.7 Å². The van der Waals surface area contributed by atoms with Gasteiger partial charge in [0.2, 0.25) is 0 Å². The van der Waals surface area contributed by atoms with E-state index >= 15 is 0 Å². The van der Waals surface area contributed by atoms with Crippen molar-refractivity contribution in [2.75, 3.05) is 13.1 Å². The van der Waals surface area contributed by atoms with E-state index in [1.165, 1.54) is 17.8 Å². The molecule has 5 nitrogen and oxygen atoms in total. The Labute approximate surface area is 173 Å². The van der Waals surface area contributed by atoms with Gasteiger partial charge in [0.15, 0.2) is 0 Å². The van der Waals surface area contributed by atoms with E-state index in [1.54, 1.807) is 6.07 Å². The molecule has 4 rings (SSSR count). The Morgan fingerprint density at radius 3 is 2.83 bits per heavy atom. The van der Waals surface area contributed by atoms with Gasteiger partial charge >= 0.3 is 6.18 Å². The molecule has 0 amide bonds. The van der Waals surface area contributed by atoms with Crippen LogP contribution in [0.1, 0.15) is 54.4 Å². The van der Waals surface area contributed by atoms with E-state index in [4.69, 9.17) is 5.73 Å². The molecule has 3 aromatic heterocycles. The predicted molar refractivity (Wildman–Crippen MR) is 109 cm³/mol. The third kappa shape index (κ3) is 4.34. The molecule has 0 bridgehead atoms. The van der Waals surface area contributed by atoms with Crippen molar-refractivity contribution in [2.24, 2.45) is 5.73 Å². The summed E-state index contributed by atoms with van der Waals surface area (Å²) in [7, 11) is 0. The Morgan fingerprint density at radius 1 is 1.17 bits per heavy atom. The molecule has 8 heteroatoms. The molecule has 1 aliphatic carbocycles. The summed E-state index contributed by atoms with van der Waals surface area (Å²) in [5.74, 6) is 0. The SMILES string of the molecule is NCCCCN(Cc1cn2c(C(F)(F)F)cccc2n1)C1CCCc2cccnc21. The molecular formula is C22H26F3N5. The van der Waals surface area contributed by atoms with Gasteiger partial charge in [-0.25, -0.2) is 4.98 Å². The molecular weight excluding hydrogens is 391 g/mol. The van der Waals surface area contributed by atoms with Crippen LogP contribution in [0.3, 0.4) is 0 Å². The van der Waals surface area contributed by atoms with E-state index in [9.17, 15) is 13.2 Å². The summed E-state index contributed by atoms with van der Waals surface area (Å²) in [6, 6.07) is 8.30. The highest BCUT2D eigenvalue weighted by Crippen LogP contribution is 2.34. The molecule has 0 aromatic carbocycles. The fourth-order valence-electron chi connectivity index (χ4n) is 4.32. The first kappa shape index (κ1) is 20.8. The standard InChI is InChI=1S/C22H26F3N5/c23-22(24,25)19-9-4-10-20-28-17(15-30(19)20)14-29(13-2-1-11-26)18-8-3-6-16-7-5-12-27-21(16)18/h4-5,7,9-10,12,15,18H,1-3,6,8,11,13-14,26H2. The number of rotatable bonds is 7. The second-order valence-electron chi connectivity index (χ2n) is 7.79. The van der Waals surface area contributed by atoms with Crippen molar-refractivity contribution in [2.45, 2.75) is 50.9 Å². The molecule has 3 aromatic rings. The molecule has 0 radical (unpaired) electrons. The number of nitrogens with zero attached hydrogens (tertiary/aromatic N) is 4. The zero-order valence-electron chi connectivity index (χ0n) is 16.8. The smallest absolute Gasteiger partial charge is 0.330 e. The van der Waals surface area contributed by atoms with Crippen molar-refractivity contribution in [1.29, 1.82) is 0 Å². The fourth-order valence-corrected chi connectivity index (χ4v) is 4.32. The summed E-state index contributed by atoms with van der Waals surface area (Å²) in [6.07, 6.45) is 3.79. The molecule has 0 saturated carbocycles. The molecule has 2 N–H and O–H groups in total. The average molecular weight is 417 g/mol. The van der Waals surface area contributed by atoms with Crippen molar-refractivity contribution in [3.05, 3.63) is 65.4 Å². The van der Waals surface area contributed by atoms with Crippen molar-refractivity contribution < 1.29 is 13.2 Å². The van der Waals surface area contributed by atoms with Crippen molar-refractivity contribution in [1.82, 2.24) is 19.3 Å². The quantitative estimate of drug-likeness (QED) is 0.580. The van der Waals surface area contributed by atoms with Crippen LogP contribution in [-0.4, -0.2) is 32.4 Å². The van der Waals surface area contributed by atoms with Gasteiger partial charge in [-0.15, -0.1) is 0 Å². The Morgan fingerprint density at radius 2 is 2.03 bits per heavy atom. The highest BCUT2D eigenvalue weighted by atomic mass is 19.4. The van der Waals surface area contributed by atoms with Crippen LogP contribution < -0.4 is 5.73 Å². The number of pyridine rings is 2. The van der Waals surface area contributed by atoms with Gasteiger partial charge in [0.05, 0.1) is 17.4 Å². The number of hydrogen-bond donors (Lipinski definition) is 1. The number of imidazole rings is 1. The van der Waals surface area contributed by atoms with Crippen molar-refractivity contribution >= 4 is 5.65 Å². The van der Waals surface area contributed by atoms with E-state index in [0.29, 0.717) is 24.4 Å². The summed E-state index contributed by atoms with van der Waals surface area (Å²) in [4.78, 5) is 11.4. The summed E-state index contributed by atoms with van der Waals surface area (Å²) in [5, 5.41) is 0. The lowest BCUT2D eigenvalue weighted by Gasteiger charge is -2.34. The van der Waals surface area contributed by atoms with Crippen LogP contribution in [0.5, 0.6) is 0 Å². The van der Waals surface area contributed by atoms with Crippen LogP contribution in [0.2, 0.25) is 0 Å². The maximum atomic E-state index is 13.4. The van der Waals surface area contributed by atoms with Crippen LogP contribution >= 0.6 is 0 Å². The van der Waals surface area contributed by atoms with Crippen molar-refractivity contribution in [3.63, 3.8) is 0 Å². The Hall–Kier alpha value is -2.45. The first-order valence-corrected chi connectivity index (χ1v) is 10.4. The average Bonchev–Trinajstić information content (AvgIpc) is 3.14. The van der Waals surface area contributed by atoms with Gasteiger partial charge in [-0.2, -0.15) is 13.2 Å². The number of unbranched alkanes of at least 4 members (excludes halogenated alkanes) is 1. The summed E-state index contributed by atoms with van der Waals surface area (Å²) < 4.78 is 41.3. The third-order valence-corrected chi connectivity index (χ3v) is 5.70. The second-order valence-corrected chi connectivity index (χ2v) is 7.79. The van der Waals surface area contributed by atoms with Gasteiger partial charge in [-0.05, 0) is 69.0 Å². The van der Waals surface area contributed by atoms with Gasteiger partial charge in [0.1, 0.15) is 11.3 Å². The monoisotopic (exact) mass is 417 g/mol. The zero-order valence-corrected chi connectivity index (χ0v) is 16.8. The van der Waals surface area contributed by atoms with Gasteiger partial charge in [0, 0.05) is 18.9 Å². The number of nitrogens with two attached hydrogens (primary N) is 1. The van der Waals surface area contributed by atoms with E-state index in [0.717, 1.165) is 54.8 Å². The zero-order chi connectivity index (χ0) is 21.1. The summed E-state index contributed by atoms with van der Waals surface area (Å²) >= 11 is 0. The summed E-state index contributed by atoms with van der Waals surface area (Å²) in [5.41, 5.74) is 8.24. The van der Waals surface area contributed by atoms with Crippen LogP contribution in [0.25, 0.3) is 5.65 Å². The van der Waals surface area contributed by atoms with E-state index < -0.39 is 11.9 Å². The predicted octanol–water partition coefficient (Wildman–Crippen LogP) is 4.37. The number of hydrogen-bond acceptors (Lipinski definition) is 4. The number of fused-ring (bicyclic) bond motifs is 2. The molecule has 0 saturated heterocycles. The first-order valence-electron chi connectivity index (χ1n) is 10.4.